The Morgan fingerprint density at radius 1 is 0.313 bits per heavy atom. The molecule has 0 aromatic carbocycles. The molecule has 382 valence electrons. The van der Waals surface area contributed by atoms with Gasteiger partial charge >= 0.3 is 17.9 Å². The second-order valence-corrected chi connectivity index (χ2v) is 18.1. The summed E-state index contributed by atoms with van der Waals surface area (Å²) in [5.74, 6) is -0.928. The fraction of sp³-hybridized carbons (Fsp3) is 0.689. The van der Waals surface area contributed by atoms with Crippen LogP contribution in [0.25, 0.3) is 0 Å². The van der Waals surface area contributed by atoms with E-state index in [-0.39, 0.29) is 31.1 Å². The first-order chi connectivity index (χ1) is 33.0. The molecular formula is C61H102O6. The zero-order valence-electron chi connectivity index (χ0n) is 43.6. The molecule has 0 heterocycles. The Bertz CT molecular complexity index is 1350. The summed E-state index contributed by atoms with van der Waals surface area (Å²) >= 11 is 0. The van der Waals surface area contributed by atoms with Crippen molar-refractivity contribution in [2.45, 2.75) is 258 Å². The zero-order chi connectivity index (χ0) is 48.6. The van der Waals surface area contributed by atoms with Crippen molar-refractivity contribution in [2.24, 2.45) is 0 Å². The molecule has 6 heteroatoms. The van der Waals surface area contributed by atoms with Crippen molar-refractivity contribution in [3.63, 3.8) is 0 Å². The van der Waals surface area contributed by atoms with Crippen LogP contribution in [-0.2, 0) is 28.6 Å². The number of carbonyl (C=O) groups excluding carboxylic acids is 3. The van der Waals surface area contributed by atoms with Crippen LogP contribution in [0, 0.1) is 0 Å². The third-order valence-corrected chi connectivity index (χ3v) is 11.5. The average Bonchev–Trinajstić information content (AvgIpc) is 3.33. The van der Waals surface area contributed by atoms with E-state index in [1.807, 2.05) is 0 Å². The lowest BCUT2D eigenvalue weighted by molar-refractivity contribution is -0.167. The molecule has 0 rings (SSSR count). The predicted octanol–water partition coefficient (Wildman–Crippen LogP) is 18.5. The number of esters is 3. The van der Waals surface area contributed by atoms with Crippen LogP contribution in [0.1, 0.15) is 252 Å². The van der Waals surface area contributed by atoms with Crippen molar-refractivity contribution in [3.8, 4) is 0 Å². The minimum absolute atomic E-state index is 0.0929. The van der Waals surface area contributed by atoms with Crippen LogP contribution < -0.4 is 0 Å². The van der Waals surface area contributed by atoms with E-state index in [0.717, 1.165) is 148 Å². The molecule has 1 atom stereocenters. The van der Waals surface area contributed by atoms with Gasteiger partial charge in [-0.2, -0.15) is 0 Å². The van der Waals surface area contributed by atoms with Crippen LogP contribution >= 0.6 is 0 Å². The smallest absolute Gasteiger partial charge is 0.306 e. The van der Waals surface area contributed by atoms with Crippen molar-refractivity contribution in [1.82, 2.24) is 0 Å². The highest BCUT2D eigenvalue weighted by molar-refractivity contribution is 5.71. The normalized spacial score (nSPS) is 12.8. The van der Waals surface area contributed by atoms with E-state index in [9.17, 15) is 14.4 Å². The summed E-state index contributed by atoms with van der Waals surface area (Å²) in [5.41, 5.74) is 0. The average molecular weight is 931 g/mol. The summed E-state index contributed by atoms with van der Waals surface area (Å²) in [6.07, 6.45) is 72.5. The Balaban J connectivity index is 4.40. The van der Waals surface area contributed by atoms with Gasteiger partial charge in [-0.25, -0.2) is 0 Å². The monoisotopic (exact) mass is 931 g/mol. The second kappa shape index (κ2) is 54.9. The number of carbonyl (C=O) groups is 3. The van der Waals surface area contributed by atoms with E-state index in [1.54, 1.807) is 0 Å². The molecule has 0 fully saturated rings. The first-order valence-corrected chi connectivity index (χ1v) is 27.7. The Morgan fingerprint density at radius 2 is 0.612 bits per heavy atom. The lowest BCUT2D eigenvalue weighted by Gasteiger charge is -2.18. The van der Waals surface area contributed by atoms with E-state index in [4.69, 9.17) is 14.2 Å². The van der Waals surface area contributed by atoms with Crippen molar-refractivity contribution in [1.29, 1.82) is 0 Å². The van der Waals surface area contributed by atoms with Gasteiger partial charge in [0.2, 0.25) is 0 Å². The van der Waals surface area contributed by atoms with Gasteiger partial charge in [0, 0.05) is 19.3 Å². The number of rotatable bonds is 49. The molecule has 6 nitrogen and oxygen atoms in total. The standard InChI is InChI=1S/C61H102O6/c1-4-7-10-13-16-19-22-25-27-28-29-30-31-32-34-36-39-42-45-48-51-54-60(63)66-57-58(56-65-59(62)53-50-47-44-41-38-35-24-21-18-15-12-9-6-3)67-61(64)55-52-49-46-43-40-37-33-26-23-20-17-14-11-8-5-2/h7,10,12,15-17,19-21,24-27,29-30,33,58H,4-6,8-9,11,13-14,18,22-23,28,31-32,34-57H2,1-3H3/b10-7-,15-12-,19-16-,20-17-,24-21-,27-25-,30-29-,33-26-. The summed E-state index contributed by atoms with van der Waals surface area (Å²) < 4.78 is 16.8. The maximum absolute atomic E-state index is 12.8. The van der Waals surface area contributed by atoms with E-state index < -0.39 is 6.10 Å². The Labute approximate surface area is 413 Å². The maximum atomic E-state index is 12.8. The van der Waals surface area contributed by atoms with Gasteiger partial charge in [0.1, 0.15) is 13.2 Å². The minimum atomic E-state index is -0.795. The highest BCUT2D eigenvalue weighted by Gasteiger charge is 2.19. The summed E-state index contributed by atoms with van der Waals surface area (Å²) in [6.45, 7) is 6.41. The summed E-state index contributed by atoms with van der Waals surface area (Å²) in [7, 11) is 0. The number of hydrogen-bond acceptors (Lipinski definition) is 6. The molecule has 0 bridgehead atoms. The van der Waals surface area contributed by atoms with Gasteiger partial charge in [-0.3, -0.25) is 14.4 Å². The van der Waals surface area contributed by atoms with E-state index in [1.165, 1.54) is 64.2 Å². The van der Waals surface area contributed by atoms with E-state index >= 15 is 0 Å². The molecule has 0 aromatic rings. The van der Waals surface area contributed by atoms with Crippen LogP contribution in [0.5, 0.6) is 0 Å². The van der Waals surface area contributed by atoms with Gasteiger partial charge in [-0.15, -0.1) is 0 Å². The van der Waals surface area contributed by atoms with Gasteiger partial charge in [0.25, 0.3) is 0 Å². The van der Waals surface area contributed by atoms with Gasteiger partial charge in [0.05, 0.1) is 0 Å². The fourth-order valence-corrected chi connectivity index (χ4v) is 7.38. The molecule has 0 aliphatic carbocycles. The maximum Gasteiger partial charge on any atom is 0.306 e. The second-order valence-electron chi connectivity index (χ2n) is 18.1. The van der Waals surface area contributed by atoms with Crippen molar-refractivity contribution in [2.75, 3.05) is 13.2 Å². The molecule has 0 amide bonds. The third kappa shape index (κ3) is 53.2. The van der Waals surface area contributed by atoms with E-state index in [2.05, 4.69) is 118 Å². The number of allylic oxidation sites excluding steroid dienone is 16. The summed E-state index contributed by atoms with van der Waals surface area (Å²) in [6, 6.07) is 0. The molecular weight excluding hydrogens is 829 g/mol. The quantitative estimate of drug-likeness (QED) is 0.0262. The van der Waals surface area contributed by atoms with Crippen LogP contribution in [0.4, 0.5) is 0 Å². The van der Waals surface area contributed by atoms with Crippen LogP contribution in [-0.4, -0.2) is 37.2 Å². The number of ether oxygens (including phenoxy) is 3. The van der Waals surface area contributed by atoms with Crippen molar-refractivity contribution in [3.05, 3.63) is 97.2 Å². The van der Waals surface area contributed by atoms with Gasteiger partial charge < -0.3 is 14.2 Å². The number of unbranched alkanes of at least 4 members (excludes halogenated alkanes) is 22. The van der Waals surface area contributed by atoms with Crippen LogP contribution in [0.3, 0.4) is 0 Å². The third-order valence-electron chi connectivity index (χ3n) is 11.5. The largest absolute Gasteiger partial charge is 0.462 e. The molecule has 0 radical (unpaired) electrons. The molecule has 0 N–H and O–H groups in total. The Hall–Kier alpha value is -3.67. The highest BCUT2D eigenvalue weighted by atomic mass is 16.6. The minimum Gasteiger partial charge on any atom is -0.462 e. The molecule has 0 aliphatic heterocycles. The lowest BCUT2D eigenvalue weighted by atomic mass is 10.1. The molecule has 0 aromatic heterocycles. The molecule has 0 saturated heterocycles. The lowest BCUT2D eigenvalue weighted by Crippen LogP contribution is -2.30. The van der Waals surface area contributed by atoms with Crippen LogP contribution in [0.15, 0.2) is 97.2 Å². The molecule has 0 saturated carbocycles. The van der Waals surface area contributed by atoms with Gasteiger partial charge in [-0.05, 0) is 116 Å². The zero-order valence-corrected chi connectivity index (χ0v) is 43.6. The summed E-state index contributed by atoms with van der Waals surface area (Å²) in [4.78, 5) is 38.1. The van der Waals surface area contributed by atoms with Gasteiger partial charge in [0.15, 0.2) is 6.10 Å². The van der Waals surface area contributed by atoms with Crippen molar-refractivity contribution < 1.29 is 28.6 Å². The summed E-state index contributed by atoms with van der Waals surface area (Å²) in [5, 5.41) is 0. The molecule has 0 spiro atoms. The molecule has 67 heavy (non-hydrogen) atoms. The molecule has 0 aliphatic rings. The Kier molecular flexibility index (Phi) is 51.9. The topological polar surface area (TPSA) is 78.9 Å². The van der Waals surface area contributed by atoms with Crippen molar-refractivity contribution >= 4 is 17.9 Å². The Morgan fingerprint density at radius 3 is 0.970 bits per heavy atom. The highest BCUT2D eigenvalue weighted by Crippen LogP contribution is 2.14. The van der Waals surface area contributed by atoms with E-state index in [0.29, 0.717) is 19.3 Å². The number of hydrogen-bond donors (Lipinski definition) is 0. The first-order valence-electron chi connectivity index (χ1n) is 27.7. The predicted molar refractivity (Wildman–Crippen MR) is 288 cm³/mol. The SMILES string of the molecule is CC/C=C\C/C=C\C/C=C\C/C=C\CCCCCCCCCCC(=O)OCC(COC(=O)CCCCCCC/C=C\C/C=C\CCC)OC(=O)CCCCCCC/C=C\C/C=C\CCCCC. The van der Waals surface area contributed by atoms with Gasteiger partial charge in [-0.1, -0.05) is 214 Å². The first kappa shape index (κ1) is 63.3. The fourth-order valence-electron chi connectivity index (χ4n) is 7.38. The van der Waals surface area contributed by atoms with Crippen LogP contribution in [0.2, 0.25) is 0 Å². The molecule has 1 unspecified atom stereocenters.